The zero-order chi connectivity index (χ0) is 11.5. The van der Waals surface area contributed by atoms with Gasteiger partial charge < -0.3 is 9.84 Å². The lowest BCUT2D eigenvalue weighted by Crippen LogP contribution is -1.90. The minimum Gasteiger partial charge on any atom is -0.477 e. The highest BCUT2D eigenvalue weighted by Crippen LogP contribution is 2.29. The predicted octanol–water partition coefficient (Wildman–Crippen LogP) is 3.84. The number of carboxylic acid groups (broad SMARTS) is 1. The van der Waals surface area contributed by atoms with Crippen molar-refractivity contribution in [3.05, 3.63) is 44.2 Å². The minimum absolute atomic E-state index is 0.279. The fourth-order valence-corrected chi connectivity index (χ4v) is 2.28. The van der Waals surface area contributed by atoms with E-state index in [2.05, 4.69) is 22.6 Å². The van der Waals surface area contributed by atoms with E-state index in [9.17, 15) is 4.79 Å². The molecule has 0 fully saturated rings. The average Bonchev–Trinajstić information content (AvgIpc) is 2.70. The normalized spacial score (nSPS) is 10.1. The van der Waals surface area contributed by atoms with Crippen LogP contribution in [-0.4, -0.2) is 11.1 Å². The zero-order valence-electron chi connectivity index (χ0n) is 8.01. The van der Waals surface area contributed by atoms with Crippen molar-refractivity contribution in [2.75, 3.05) is 0 Å². The summed E-state index contributed by atoms with van der Waals surface area (Å²) in [5.41, 5.74) is 0. The minimum atomic E-state index is -0.928. The van der Waals surface area contributed by atoms with Crippen molar-refractivity contribution in [2.45, 2.75) is 0 Å². The van der Waals surface area contributed by atoms with Gasteiger partial charge in [-0.15, -0.1) is 11.3 Å². The lowest BCUT2D eigenvalue weighted by atomic mass is 10.3. The summed E-state index contributed by atoms with van der Waals surface area (Å²) in [6.45, 7) is 0. The number of aromatic carboxylic acids is 1. The Bertz CT molecular complexity index is 521. The molecule has 1 aromatic heterocycles. The Balaban J connectivity index is 2.21. The van der Waals surface area contributed by atoms with Crippen LogP contribution in [0.4, 0.5) is 0 Å². The molecule has 0 aliphatic carbocycles. The molecule has 0 bridgehead atoms. The van der Waals surface area contributed by atoms with Crippen molar-refractivity contribution in [3.8, 4) is 11.5 Å². The third kappa shape index (κ3) is 2.53. The summed E-state index contributed by atoms with van der Waals surface area (Å²) in [6.07, 6.45) is 0. The van der Waals surface area contributed by atoms with Crippen LogP contribution in [0.15, 0.2) is 35.7 Å². The number of hydrogen-bond acceptors (Lipinski definition) is 3. The first kappa shape index (κ1) is 11.4. The second kappa shape index (κ2) is 4.84. The molecule has 82 valence electrons. The second-order valence-corrected chi connectivity index (χ2v) is 5.06. The Morgan fingerprint density at radius 3 is 2.75 bits per heavy atom. The van der Waals surface area contributed by atoms with Gasteiger partial charge in [0.25, 0.3) is 0 Å². The molecule has 0 saturated heterocycles. The van der Waals surface area contributed by atoms with Crippen LogP contribution < -0.4 is 4.74 Å². The Kier molecular flexibility index (Phi) is 3.45. The first-order chi connectivity index (χ1) is 7.66. The van der Waals surface area contributed by atoms with Gasteiger partial charge in [0.05, 0.1) is 3.57 Å². The molecule has 16 heavy (non-hydrogen) atoms. The molecule has 0 spiro atoms. The van der Waals surface area contributed by atoms with Crippen LogP contribution in [0.25, 0.3) is 0 Å². The Morgan fingerprint density at radius 1 is 1.38 bits per heavy atom. The average molecular weight is 346 g/mol. The maximum atomic E-state index is 10.7. The summed E-state index contributed by atoms with van der Waals surface area (Å²) in [4.78, 5) is 11.0. The molecule has 3 nitrogen and oxygen atoms in total. The molecule has 2 aromatic rings. The van der Waals surface area contributed by atoms with Crippen LogP contribution in [0.1, 0.15) is 9.67 Å². The van der Waals surface area contributed by atoms with Gasteiger partial charge in [-0.1, -0.05) is 12.1 Å². The lowest BCUT2D eigenvalue weighted by molar-refractivity contribution is 0.0702. The monoisotopic (exact) mass is 346 g/mol. The molecule has 0 atom stereocenters. The van der Waals surface area contributed by atoms with Gasteiger partial charge in [0.1, 0.15) is 16.4 Å². The first-order valence-corrected chi connectivity index (χ1v) is 6.37. The number of ether oxygens (including phenoxy) is 1. The summed E-state index contributed by atoms with van der Waals surface area (Å²) in [5.74, 6) is 0.368. The number of halogens is 1. The van der Waals surface area contributed by atoms with Crippen LogP contribution in [0.3, 0.4) is 0 Å². The quantitative estimate of drug-likeness (QED) is 0.859. The number of carbonyl (C=O) groups is 1. The Hall–Kier alpha value is -1.08. The highest BCUT2D eigenvalue weighted by molar-refractivity contribution is 14.1. The maximum absolute atomic E-state index is 10.7. The molecule has 0 saturated carbocycles. The molecule has 0 aliphatic heterocycles. The highest BCUT2D eigenvalue weighted by Gasteiger charge is 2.09. The standard InChI is InChI=1S/C11H7IO3S/c12-8-3-1-2-4-9(8)15-7-5-10(11(13)14)16-6-7/h1-6H,(H,13,14). The summed E-state index contributed by atoms with van der Waals surface area (Å²) in [6, 6.07) is 9.10. The van der Waals surface area contributed by atoms with Crippen molar-refractivity contribution >= 4 is 39.9 Å². The molecular formula is C11H7IO3S. The SMILES string of the molecule is O=C(O)c1cc(Oc2ccccc2I)cs1. The van der Waals surface area contributed by atoms with Crippen molar-refractivity contribution in [1.29, 1.82) is 0 Å². The molecule has 5 heteroatoms. The van der Waals surface area contributed by atoms with Crippen LogP contribution in [0.2, 0.25) is 0 Å². The van der Waals surface area contributed by atoms with E-state index in [1.165, 1.54) is 6.07 Å². The van der Waals surface area contributed by atoms with Crippen LogP contribution >= 0.6 is 33.9 Å². The fourth-order valence-electron chi connectivity index (χ4n) is 1.14. The van der Waals surface area contributed by atoms with E-state index in [0.29, 0.717) is 5.75 Å². The second-order valence-electron chi connectivity index (χ2n) is 2.98. The van der Waals surface area contributed by atoms with Crippen molar-refractivity contribution in [1.82, 2.24) is 0 Å². The number of hydrogen-bond donors (Lipinski definition) is 1. The third-order valence-electron chi connectivity index (χ3n) is 1.85. The zero-order valence-corrected chi connectivity index (χ0v) is 11.0. The van der Waals surface area contributed by atoms with Gasteiger partial charge >= 0.3 is 5.97 Å². The molecule has 1 aromatic carbocycles. The molecule has 1 heterocycles. The van der Waals surface area contributed by atoms with Gasteiger partial charge in [-0.25, -0.2) is 4.79 Å². The molecule has 0 radical (unpaired) electrons. The van der Waals surface area contributed by atoms with E-state index in [-0.39, 0.29) is 4.88 Å². The summed E-state index contributed by atoms with van der Waals surface area (Å²) in [5, 5.41) is 10.5. The smallest absolute Gasteiger partial charge is 0.346 e. The van der Waals surface area contributed by atoms with E-state index in [4.69, 9.17) is 9.84 Å². The van der Waals surface area contributed by atoms with Crippen molar-refractivity contribution in [3.63, 3.8) is 0 Å². The Morgan fingerprint density at radius 2 is 2.12 bits per heavy atom. The van der Waals surface area contributed by atoms with Crippen LogP contribution in [0, 0.1) is 3.57 Å². The van der Waals surface area contributed by atoms with E-state index >= 15 is 0 Å². The van der Waals surface area contributed by atoms with E-state index < -0.39 is 5.97 Å². The molecule has 2 rings (SSSR count). The van der Waals surface area contributed by atoms with Gasteiger partial charge in [0, 0.05) is 11.4 Å². The number of rotatable bonds is 3. The summed E-state index contributed by atoms with van der Waals surface area (Å²) in [7, 11) is 0. The fraction of sp³-hybridized carbons (Fsp3) is 0. The topological polar surface area (TPSA) is 46.5 Å². The highest BCUT2D eigenvalue weighted by atomic mass is 127. The van der Waals surface area contributed by atoms with Gasteiger partial charge in [0.15, 0.2) is 0 Å². The van der Waals surface area contributed by atoms with E-state index in [1.807, 2.05) is 24.3 Å². The molecular weight excluding hydrogens is 339 g/mol. The van der Waals surface area contributed by atoms with Crippen LogP contribution in [-0.2, 0) is 0 Å². The number of carboxylic acids is 1. The van der Waals surface area contributed by atoms with Gasteiger partial charge in [-0.2, -0.15) is 0 Å². The van der Waals surface area contributed by atoms with E-state index in [1.54, 1.807) is 5.38 Å². The largest absolute Gasteiger partial charge is 0.477 e. The Labute approximate surface area is 110 Å². The van der Waals surface area contributed by atoms with Crippen molar-refractivity contribution < 1.29 is 14.6 Å². The first-order valence-electron chi connectivity index (χ1n) is 4.41. The van der Waals surface area contributed by atoms with Gasteiger partial charge in [-0.05, 0) is 34.7 Å². The van der Waals surface area contributed by atoms with Crippen LogP contribution in [0.5, 0.6) is 11.5 Å². The van der Waals surface area contributed by atoms with Crippen molar-refractivity contribution in [2.24, 2.45) is 0 Å². The summed E-state index contributed by atoms with van der Waals surface area (Å²) < 4.78 is 6.57. The van der Waals surface area contributed by atoms with Gasteiger partial charge in [0.2, 0.25) is 0 Å². The number of para-hydroxylation sites is 1. The molecule has 0 amide bonds. The molecule has 0 aliphatic rings. The third-order valence-corrected chi connectivity index (χ3v) is 3.64. The molecule has 1 N–H and O–H groups in total. The summed E-state index contributed by atoms with van der Waals surface area (Å²) >= 11 is 3.33. The van der Waals surface area contributed by atoms with Gasteiger partial charge in [-0.3, -0.25) is 0 Å². The predicted molar refractivity (Wildman–Crippen MR) is 70.5 cm³/mol. The number of thiophene rings is 1. The lowest BCUT2D eigenvalue weighted by Gasteiger charge is -2.04. The molecule has 0 unspecified atom stereocenters. The maximum Gasteiger partial charge on any atom is 0.346 e. The van der Waals surface area contributed by atoms with E-state index in [0.717, 1.165) is 20.7 Å². The number of benzene rings is 1.